The molecule has 0 aliphatic rings. The molecule has 2 heterocycles. The van der Waals surface area contributed by atoms with Gasteiger partial charge in [0.2, 0.25) is 0 Å². The van der Waals surface area contributed by atoms with Crippen molar-refractivity contribution in [2.75, 3.05) is 0 Å². The summed E-state index contributed by atoms with van der Waals surface area (Å²) in [5, 5.41) is 5.17. The highest BCUT2D eigenvalue weighted by Gasteiger charge is 2.14. The topological polar surface area (TPSA) is 34.9 Å². The maximum absolute atomic E-state index is 12.9. The summed E-state index contributed by atoms with van der Waals surface area (Å²) >= 11 is 1.53. The van der Waals surface area contributed by atoms with Gasteiger partial charge in [-0.2, -0.15) is 0 Å². The average molecular weight is 334 g/mol. The Balaban J connectivity index is 1.93. The third kappa shape index (κ3) is 2.53. The second-order valence-electron chi connectivity index (χ2n) is 6.49. The molecule has 0 amide bonds. The number of aromatic nitrogens is 2. The number of hydrogen-bond donors (Lipinski definition) is 0. The van der Waals surface area contributed by atoms with Crippen molar-refractivity contribution in [1.29, 1.82) is 0 Å². The van der Waals surface area contributed by atoms with Gasteiger partial charge in [0.25, 0.3) is 5.56 Å². The Bertz CT molecular complexity index is 1090. The lowest BCUT2D eigenvalue weighted by atomic mass is 10.0. The van der Waals surface area contributed by atoms with E-state index in [1.165, 1.54) is 22.1 Å². The van der Waals surface area contributed by atoms with Crippen LogP contribution < -0.4 is 5.56 Å². The van der Waals surface area contributed by atoms with Crippen LogP contribution in [0.2, 0.25) is 0 Å². The van der Waals surface area contributed by atoms with Gasteiger partial charge in [-0.3, -0.25) is 9.36 Å². The van der Waals surface area contributed by atoms with Gasteiger partial charge < -0.3 is 0 Å². The number of rotatable bonds is 3. The van der Waals surface area contributed by atoms with Crippen molar-refractivity contribution in [3.63, 3.8) is 0 Å². The minimum Gasteiger partial charge on any atom is -0.298 e. The number of fused-ring (bicyclic) bond motifs is 2. The van der Waals surface area contributed by atoms with E-state index < -0.39 is 0 Å². The van der Waals surface area contributed by atoms with E-state index >= 15 is 0 Å². The third-order valence-corrected chi connectivity index (χ3v) is 5.07. The van der Waals surface area contributed by atoms with Gasteiger partial charge in [0.1, 0.15) is 4.83 Å². The summed E-state index contributed by atoms with van der Waals surface area (Å²) in [5.41, 5.74) is 2.11. The highest BCUT2D eigenvalue weighted by molar-refractivity contribution is 7.17. The van der Waals surface area contributed by atoms with Crippen molar-refractivity contribution in [3.8, 4) is 11.1 Å². The van der Waals surface area contributed by atoms with E-state index in [2.05, 4.69) is 49.2 Å². The zero-order chi connectivity index (χ0) is 16.7. The van der Waals surface area contributed by atoms with Crippen LogP contribution in [-0.4, -0.2) is 9.55 Å². The minimum atomic E-state index is 0.0538. The maximum atomic E-state index is 12.9. The lowest BCUT2D eigenvalue weighted by molar-refractivity contribution is 0.508. The normalized spacial score (nSPS) is 11.6. The number of nitrogens with zero attached hydrogens (tertiary/aromatic N) is 2. The SMILES string of the molecule is CC(C)Cn1cnc2scc(-c3ccc4ccccc4c3)c2c1=O. The van der Waals surface area contributed by atoms with Crippen molar-refractivity contribution in [2.45, 2.75) is 20.4 Å². The lowest BCUT2D eigenvalue weighted by Gasteiger charge is -2.08. The number of hydrogen-bond acceptors (Lipinski definition) is 3. The molecular formula is C20H18N2OS. The van der Waals surface area contributed by atoms with Gasteiger partial charge in [0.15, 0.2) is 0 Å². The van der Waals surface area contributed by atoms with Gasteiger partial charge in [0.05, 0.1) is 11.7 Å². The molecule has 0 fully saturated rings. The molecule has 0 spiro atoms. The van der Waals surface area contributed by atoms with Crippen LogP contribution in [0.25, 0.3) is 32.1 Å². The van der Waals surface area contributed by atoms with E-state index in [1.807, 2.05) is 17.5 Å². The van der Waals surface area contributed by atoms with E-state index in [9.17, 15) is 4.79 Å². The molecular weight excluding hydrogens is 316 g/mol. The van der Waals surface area contributed by atoms with Crippen LogP contribution in [0.15, 0.2) is 59.0 Å². The van der Waals surface area contributed by atoms with Crippen LogP contribution in [-0.2, 0) is 6.54 Å². The van der Waals surface area contributed by atoms with Crippen molar-refractivity contribution in [1.82, 2.24) is 9.55 Å². The number of thiophene rings is 1. The first-order valence-electron chi connectivity index (χ1n) is 8.09. The summed E-state index contributed by atoms with van der Waals surface area (Å²) in [6.07, 6.45) is 1.67. The quantitative estimate of drug-likeness (QED) is 0.532. The standard InChI is InChI=1S/C20H18N2OS/c1-13(2)10-22-12-21-19-18(20(22)23)17(11-24-19)16-8-7-14-5-3-4-6-15(14)9-16/h3-9,11-13H,10H2,1-2H3. The van der Waals surface area contributed by atoms with Gasteiger partial charge in [0, 0.05) is 17.5 Å². The molecule has 4 aromatic rings. The van der Waals surface area contributed by atoms with Crippen LogP contribution in [0.1, 0.15) is 13.8 Å². The smallest absolute Gasteiger partial charge is 0.262 e. The molecule has 0 saturated carbocycles. The largest absolute Gasteiger partial charge is 0.298 e. The highest BCUT2D eigenvalue weighted by atomic mass is 32.1. The molecule has 3 nitrogen and oxygen atoms in total. The average Bonchev–Trinajstić information content (AvgIpc) is 3.01. The van der Waals surface area contributed by atoms with Gasteiger partial charge in [-0.05, 0) is 28.3 Å². The Kier molecular flexibility index (Phi) is 3.69. The Morgan fingerprint density at radius 1 is 1.12 bits per heavy atom. The molecule has 0 aliphatic heterocycles. The summed E-state index contributed by atoms with van der Waals surface area (Å²) in [6.45, 7) is 4.90. The van der Waals surface area contributed by atoms with E-state index in [0.717, 1.165) is 21.3 Å². The van der Waals surface area contributed by atoms with Crippen LogP contribution in [0.4, 0.5) is 0 Å². The first-order valence-corrected chi connectivity index (χ1v) is 8.97. The Morgan fingerprint density at radius 2 is 1.92 bits per heavy atom. The molecule has 2 aromatic carbocycles. The fourth-order valence-electron chi connectivity index (χ4n) is 3.06. The fourth-order valence-corrected chi connectivity index (χ4v) is 3.97. The predicted octanol–water partition coefficient (Wildman–Crippen LogP) is 4.93. The summed E-state index contributed by atoms with van der Waals surface area (Å²) in [6, 6.07) is 14.6. The van der Waals surface area contributed by atoms with Crippen LogP contribution in [0.5, 0.6) is 0 Å². The van der Waals surface area contributed by atoms with E-state index in [-0.39, 0.29) is 5.56 Å². The van der Waals surface area contributed by atoms with E-state index in [1.54, 1.807) is 10.9 Å². The Morgan fingerprint density at radius 3 is 2.71 bits per heavy atom. The Hall–Kier alpha value is -2.46. The van der Waals surface area contributed by atoms with Crippen LogP contribution >= 0.6 is 11.3 Å². The summed E-state index contributed by atoms with van der Waals surface area (Å²) in [4.78, 5) is 18.2. The molecule has 24 heavy (non-hydrogen) atoms. The Labute approximate surface area is 144 Å². The van der Waals surface area contributed by atoms with Gasteiger partial charge in [-0.1, -0.05) is 50.2 Å². The molecule has 4 rings (SSSR count). The molecule has 0 bridgehead atoms. The van der Waals surface area contributed by atoms with Crippen molar-refractivity contribution >= 4 is 32.3 Å². The van der Waals surface area contributed by atoms with Gasteiger partial charge in [-0.15, -0.1) is 11.3 Å². The van der Waals surface area contributed by atoms with Crippen LogP contribution in [0.3, 0.4) is 0 Å². The highest BCUT2D eigenvalue weighted by Crippen LogP contribution is 2.32. The molecule has 120 valence electrons. The fraction of sp³-hybridized carbons (Fsp3) is 0.200. The molecule has 0 aliphatic carbocycles. The molecule has 0 unspecified atom stereocenters. The monoisotopic (exact) mass is 334 g/mol. The number of benzene rings is 2. The second-order valence-corrected chi connectivity index (χ2v) is 7.35. The van der Waals surface area contributed by atoms with Crippen LogP contribution in [0, 0.1) is 5.92 Å². The maximum Gasteiger partial charge on any atom is 0.262 e. The predicted molar refractivity (Wildman–Crippen MR) is 102 cm³/mol. The lowest BCUT2D eigenvalue weighted by Crippen LogP contribution is -2.22. The summed E-state index contributed by atoms with van der Waals surface area (Å²) in [7, 11) is 0. The van der Waals surface area contributed by atoms with E-state index in [4.69, 9.17) is 0 Å². The molecule has 4 heteroatoms. The summed E-state index contributed by atoms with van der Waals surface area (Å²) in [5.74, 6) is 0.407. The first-order chi connectivity index (χ1) is 11.6. The van der Waals surface area contributed by atoms with Gasteiger partial charge >= 0.3 is 0 Å². The molecule has 0 atom stereocenters. The third-order valence-electron chi connectivity index (χ3n) is 4.18. The van der Waals surface area contributed by atoms with Crippen molar-refractivity contribution in [2.24, 2.45) is 5.92 Å². The summed E-state index contributed by atoms with van der Waals surface area (Å²) < 4.78 is 1.73. The van der Waals surface area contributed by atoms with Crippen molar-refractivity contribution in [3.05, 3.63) is 64.5 Å². The molecule has 0 saturated heterocycles. The zero-order valence-electron chi connectivity index (χ0n) is 13.7. The van der Waals surface area contributed by atoms with E-state index in [0.29, 0.717) is 12.5 Å². The molecule has 2 aromatic heterocycles. The molecule has 0 radical (unpaired) electrons. The zero-order valence-corrected chi connectivity index (χ0v) is 14.5. The minimum absolute atomic E-state index is 0.0538. The molecule has 0 N–H and O–H groups in total. The second kappa shape index (κ2) is 5.87. The van der Waals surface area contributed by atoms with Crippen molar-refractivity contribution < 1.29 is 0 Å². The van der Waals surface area contributed by atoms with Gasteiger partial charge in [-0.25, -0.2) is 4.98 Å². The first kappa shape index (κ1) is 15.1.